The summed E-state index contributed by atoms with van der Waals surface area (Å²) in [4.78, 5) is 2.63. The minimum atomic E-state index is 0.579. The van der Waals surface area contributed by atoms with E-state index in [9.17, 15) is 0 Å². The van der Waals surface area contributed by atoms with E-state index in [0.717, 1.165) is 25.4 Å². The zero-order valence-corrected chi connectivity index (χ0v) is 14.1. The van der Waals surface area contributed by atoms with Gasteiger partial charge in [0.2, 0.25) is 0 Å². The van der Waals surface area contributed by atoms with Gasteiger partial charge in [0.15, 0.2) is 0 Å². The molecule has 2 rings (SSSR count). The fourth-order valence-corrected chi connectivity index (χ4v) is 3.20. The first-order chi connectivity index (χ1) is 10.2. The van der Waals surface area contributed by atoms with Gasteiger partial charge in [0.1, 0.15) is 0 Å². The first kappa shape index (κ1) is 16.5. The summed E-state index contributed by atoms with van der Waals surface area (Å²) in [6.07, 6.45) is 5.25. The maximum absolute atomic E-state index is 3.48. The van der Waals surface area contributed by atoms with Gasteiger partial charge in [0.05, 0.1) is 0 Å². The summed E-state index contributed by atoms with van der Waals surface area (Å²) in [5, 5.41) is 3.48. The number of hydrogen-bond donors (Lipinski definition) is 1. The van der Waals surface area contributed by atoms with Crippen LogP contribution in [0.4, 0.5) is 0 Å². The lowest BCUT2D eigenvalue weighted by molar-refractivity contribution is 0.165. The van der Waals surface area contributed by atoms with Crippen LogP contribution >= 0.6 is 0 Å². The van der Waals surface area contributed by atoms with Crippen LogP contribution in [-0.4, -0.2) is 30.6 Å². The smallest absolute Gasteiger partial charge is 0.0233 e. The standard InChI is InChI=1S/C19H32N2/c1-4-17-6-5-13-21(14-17)15-19-9-7-18(8-10-19)11-12-20-16(2)3/h7-10,16-17,20H,4-6,11-15H2,1-3H3. The number of hydrogen-bond acceptors (Lipinski definition) is 2. The van der Waals surface area contributed by atoms with Gasteiger partial charge in [-0.05, 0) is 49.4 Å². The number of likely N-dealkylation sites (tertiary alicyclic amines) is 1. The molecule has 1 N–H and O–H groups in total. The summed E-state index contributed by atoms with van der Waals surface area (Å²) < 4.78 is 0. The second-order valence-electron chi connectivity index (χ2n) is 6.83. The lowest BCUT2D eigenvalue weighted by Gasteiger charge is -2.32. The molecule has 1 aromatic rings. The maximum atomic E-state index is 3.48. The SMILES string of the molecule is CCC1CCCN(Cc2ccc(CCNC(C)C)cc2)C1. The van der Waals surface area contributed by atoms with E-state index in [1.165, 1.54) is 43.5 Å². The van der Waals surface area contributed by atoms with E-state index in [0.29, 0.717) is 6.04 Å². The first-order valence-corrected chi connectivity index (χ1v) is 8.71. The highest BCUT2D eigenvalue weighted by Crippen LogP contribution is 2.20. The Bertz CT molecular complexity index is 397. The van der Waals surface area contributed by atoms with Gasteiger partial charge < -0.3 is 5.32 Å². The quantitative estimate of drug-likeness (QED) is 0.820. The molecule has 0 aromatic heterocycles. The number of nitrogens with zero attached hydrogens (tertiary/aromatic N) is 1. The maximum Gasteiger partial charge on any atom is 0.0233 e. The normalized spacial score (nSPS) is 20.1. The van der Waals surface area contributed by atoms with Crippen LogP contribution in [0.15, 0.2) is 24.3 Å². The molecule has 0 saturated carbocycles. The van der Waals surface area contributed by atoms with Crippen molar-refractivity contribution in [1.82, 2.24) is 10.2 Å². The molecule has 0 bridgehead atoms. The summed E-state index contributed by atoms with van der Waals surface area (Å²) >= 11 is 0. The van der Waals surface area contributed by atoms with Crippen molar-refractivity contribution in [3.63, 3.8) is 0 Å². The number of rotatable bonds is 7. The van der Waals surface area contributed by atoms with Crippen LogP contribution in [0.3, 0.4) is 0 Å². The van der Waals surface area contributed by atoms with E-state index < -0.39 is 0 Å². The summed E-state index contributed by atoms with van der Waals surface area (Å²) in [5.41, 5.74) is 2.91. The summed E-state index contributed by atoms with van der Waals surface area (Å²) in [6, 6.07) is 9.83. The first-order valence-electron chi connectivity index (χ1n) is 8.71. The number of nitrogens with one attached hydrogen (secondary N) is 1. The molecule has 1 saturated heterocycles. The van der Waals surface area contributed by atoms with Gasteiger partial charge in [-0.25, -0.2) is 0 Å². The Kier molecular flexibility index (Phi) is 6.72. The van der Waals surface area contributed by atoms with Crippen LogP contribution < -0.4 is 5.32 Å². The molecule has 1 aromatic carbocycles. The van der Waals surface area contributed by atoms with Gasteiger partial charge in [0.25, 0.3) is 0 Å². The predicted octanol–water partition coefficient (Wildman–Crippen LogP) is 3.85. The lowest BCUT2D eigenvalue weighted by atomic mass is 9.95. The van der Waals surface area contributed by atoms with E-state index in [2.05, 4.69) is 55.3 Å². The van der Waals surface area contributed by atoms with Crippen LogP contribution in [0.2, 0.25) is 0 Å². The average Bonchev–Trinajstić information content (AvgIpc) is 2.49. The Labute approximate surface area is 130 Å². The molecular formula is C19H32N2. The van der Waals surface area contributed by atoms with E-state index in [1.54, 1.807) is 0 Å². The third-order valence-corrected chi connectivity index (χ3v) is 4.58. The van der Waals surface area contributed by atoms with Gasteiger partial charge >= 0.3 is 0 Å². The number of benzene rings is 1. The van der Waals surface area contributed by atoms with E-state index in [-0.39, 0.29) is 0 Å². The van der Waals surface area contributed by atoms with Crippen molar-refractivity contribution in [2.75, 3.05) is 19.6 Å². The van der Waals surface area contributed by atoms with Crippen LogP contribution in [0.25, 0.3) is 0 Å². The molecule has 0 radical (unpaired) electrons. The fourth-order valence-electron chi connectivity index (χ4n) is 3.20. The largest absolute Gasteiger partial charge is 0.314 e. The second-order valence-corrected chi connectivity index (χ2v) is 6.83. The molecule has 1 unspecified atom stereocenters. The van der Waals surface area contributed by atoms with Crippen LogP contribution in [-0.2, 0) is 13.0 Å². The fraction of sp³-hybridized carbons (Fsp3) is 0.684. The molecule has 2 heteroatoms. The van der Waals surface area contributed by atoms with Gasteiger partial charge in [-0.3, -0.25) is 4.90 Å². The van der Waals surface area contributed by atoms with E-state index in [1.807, 2.05) is 0 Å². The highest BCUT2D eigenvalue weighted by atomic mass is 15.1. The molecule has 0 spiro atoms. The molecule has 21 heavy (non-hydrogen) atoms. The lowest BCUT2D eigenvalue weighted by Crippen LogP contribution is -2.34. The monoisotopic (exact) mass is 288 g/mol. The zero-order chi connectivity index (χ0) is 15.1. The van der Waals surface area contributed by atoms with Crippen molar-refractivity contribution < 1.29 is 0 Å². The second kappa shape index (κ2) is 8.55. The van der Waals surface area contributed by atoms with Crippen molar-refractivity contribution in [2.45, 2.75) is 59.0 Å². The predicted molar refractivity (Wildman–Crippen MR) is 91.6 cm³/mol. The Morgan fingerprint density at radius 3 is 2.57 bits per heavy atom. The third-order valence-electron chi connectivity index (χ3n) is 4.58. The molecule has 0 aliphatic carbocycles. The van der Waals surface area contributed by atoms with E-state index >= 15 is 0 Å². The van der Waals surface area contributed by atoms with E-state index in [4.69, 9.17) is 0 Å². The Morgan fingerprint density at radius 1 is 1.19 bits per heavy atom. The van der Waals surface area contributed by atoms with Gasteiger partial charge in [-0.15, -0.1) is 0 Å². The molecule has 1 aliphatic rings. The minimum absolute atomic E-state index is 0.579. The number of piperidine rings is 1. The summed E-state index contributed by atoms with van der Waals surface area (Å²) in [5.74, 6) is 0.917. The molecule has 0 amide bonds. The van der Waals surface area contributed by atoms with Crippen molar-refractivity contribution in [2.24, 2.45) is 5.92 Å². The Morgan fingerprint density at radius 2 is 1.90 bits per heavy atom. The third kappa shape index (κ3) is 5.80. The summed E-state index contributed by atoms with van der Waals surface area (Å²) in [6.45, 7) is 11.5. The molecule has 1 atom stereocenters. The average molecular weight is 288 g/mol. The Balaban J connectivity index is 1.79. The highest BCUT2D eigenvalue weighted by molar-refractivity contribution is 5.22. The molecule has 1 fully saturated rings. The molecule has 1 aliphatic heterocycles. The van der Waals surface area contributed by atoms with Crippen LogP contribution in [0, 0.1) is 5.92 Å². The summed E-state index contributed by atoms with van der Waals surface area (Å²) in [7, 11) is 0. The molecular weight excluding hydrogens is 256 g/mol. The van der Waals surface area contributed by atoms with Crippen molar-refractivity contribution in [3.8, 4) is 0 Å². The topological polar surface area (TPSA) is 15.3 Å². The van der Waals surface area contributed by atoms with Crippen LogP contribution in [0.5, 0.6) is 0 Å². The van der Waals surface area contributed by atoms with Gasteiger partial charge in [-0.1, -0.05) is 51.5 Å². The molecule has 1 heterocycles. The van der Waals surface area contributed by atoms with Gasteiger partial charge in [-0.2, -0.15) is 0 Å². The van der Waals surface area contributed by atoms with Crippen molar-refractivity contribution in [1.29, 1.82) is 0 Å². The van der Waals surface area contributed by atoms with Crippen LogP contribution in [0.1, 0.15) is 51.2 Å². The minimum Gasteiger partial charge on any atom is -0.314 e. The highest BCUT2D eigenvalue weighted by Gasteiger charge is 2.18. The molecule has 2 nitrogen and oxygen atoms in total. The zero-order valence-electron chi connectivity index (χ0n) is 14.1. The van der Waals surface area contributed by atoms with Gasteiger partial charge in [0, 0.05) is 19.1 Å². The molecule has 118 valence electrons. The Hall–Kier alpha value is -0.860. The van der Waals surface area contributed by atoms with Crippen molar-refractivity contribution in [3.05, 3.63) is 35.4 Å². The van der Waals surface area contributed by atoms with Crippen molar-refractivity contribution >= 4 is 0 Å².